The van der Waals surface area contributed by atoms with Crippen LogP contribution in [0.1, 0.15) is 46.7 Å². The number of aryl methyl sites for hydroxylation is 1. The lowest BCUT2D eigenvalue weighted by molar-refractivity contribution is -0.116. The molecule has 0 aromatic heterocycles. The second-order valence-electron chi connectivity index (χ2n) is 9.13. The number of halogens is 1. The summed E-state index contributed by atoms with van der Waals surface area (Å²) in [5.74, 6) is 0.115. The number of piperidine rings is 1. The predicted octanol–water partition coefficient (Wildman–Crippen LogP) is 5.33. The van der Waals surface area contributed by atoms with E-state index in [0.29, 0.717) is 42.4 Å². The quantitative estimate of drug-likeness (QED) is 0.452. The Morgan fingerprint density at radius 1 is 0.972 bits per heavy atom. The van der Waals surface area contributed by atoms with Gasteiger partial charge in [-0.3, -0.25) is 9.59 Å². The van der Waals surface area contributed by atoms with Crippen molar-refractivity contribution in [2.24, 2.45) is 0 Å². The molecule has 4 rings (SSSR count). The molecular formula is C28H29ClN2O4S. The zero-order chi connectivity index (χ0) is 25.7. The highest BCUT2D eigenvalue weighted by Crippen LogP contribution is 2.30. The number of sulfone groups is 1. The fourth-order valence-electron chi connectivity index (χ4n) is 4.47. The van der Waals surface area contributed by atoms with Crippen molar-refractivity contribution < 1.29 is 18.0 Å². The largest absolute Gasteiger partial charge is 0.339 e. The van der Waals surface area contributed by atoms with E-state index < -0.39 is 9.84 Å². The van der Waals surface area contributed by atoms with Crippen molar-refractivity contribution in [1.82, 2.24) is 4.90 Å². The van der Waals surface area contributed by atoms with Crippen molar-refractivity contribution in [2.75, 3.05) is 24.7 Å². The van der Waals surface area contributed by atoms with Crippen LogP contribution in [-0.2, 0) is 21.1 Å². The Bertz CT molecular complexity index is 1350. The monoisotopic (exact) mass is 524 g/mol. The lowest BCUT2D eigenvalue weighted by Crippen LogP contribution is -2.38. The third kappa shape index (κ3) is 6.53. The zero-order valence-electron chi connectivity index (χ0n) is 20.1. The molecular weight excluding hydrogens is 496 g/mol. The molecule has 0 bridgehead atoms. The number of likely N-dealkylation sites (tertiary alicyclic amines) is 1. The highest BCUT2D eigenvalue weighted by molar-refractivity contribution is 7.90. The SMILES string of the molecule is CS(=O)(=O)c1cccc(C(=O)N2CCC(c3ccc(NC(=O)CCc4ccccc4Cl)cc3)CC2)c1. The minimum absolute atomic E-state index is 0.0607. The van der Waals surface area contributed by atoms with Crippen LogP contribution in [0.4, 0.5) is 5.69 Å². The maximum absolute atomic E-state index is 12.9. The molecule has 0 atom stereocenters. The van der Waals surface area contributed by atoms with Crippen LogP contribution in [0.3, 0.4) is 0 Å². The van der Waals surface area contributed by atoms with E-state index in [1.54, 1.807) is 17.0 Å². The van der Waals surface area contributed by atoms with Gasteiger partial charge in [0.2, 0.25) is 5.91 Å². The Morgan fingerprint density at radius 2 is 1.67 bits per heavy atom. The van der Waals surface area contributed by atoms with Crippen LogP contribution in [0.5, 0.6) is 0 Å². The fraction of sp³-hybridized carbons (Fsp3) is 0.286. The van der Waals surface area contributed by atoms with E-state index in [0.717, 1.165) is 30.3 Å². The Kier molecular flexibility index (Phi) is 8.11. The number of anilines is 1. The smallest absolute Gasteiger partial charge is 0.253 e. The van der Waals surface area contributed by atoms with Crippen LogP contribution in [0.2, 0.25) is 5.02 Å². The lowest BCUT2D eigenvalue weighted by Gasteiger charge is -2.32. The highest BCUT2D eigenvalue weighted by Gasteiger charge is 2.25. The number of benzene rings is 3. The van der Waals surface area contributed by atoms with Crippen molar-refractivity contribution in [3.05, 3.63) is 94.5 Å². The summed E-state index contributed by atoms with van der Waals surface area (Å²) in [6, 6.07) is 21.6. The van der Waals surface area contributed by atoms with Crippen LogP contribution < -0.4 is 5.32 Å². The van der Waals surface area contributed by atoms with Crippen LogP contribution in [0.15, 0.2) is 77.7 Å². The van der Waals surface area contributed by atoms with Gasteiger partial charge in [-0.15, -0.1) is 0 Å². The first-order valence-corrected chi connectivity index (χ1v) is 14.2. The molecule has 1 N–H and O–H groups in total. The van der Waals surface area contributed by atoms with Gasteiger partial charge in [-0.2, -0.15) is 0 Å². The van der Waals surface area contributed by atoms with E-state index in [4.69, 9.17) is 11.6 Å². The maximum atomic E-state index is 12.9. The summed E-state index contributed by atoms with van der Waals surface area (Å²) in [7, 11) is -3.37. The standard InChI is InChI=1S/C28H29ClN2O4S/c1-36(34,35)25-7-4-6-23(19-25)28(33)31-17-15-21(16-18-31)20-9-12-24(13-10-20)30-27(32)14-11-22-5-2-3-8-26(22)29/h2-10,12-13,19,21H,11,14-18H2,1H3,(H,30,32). The molecule has 0 aliphatic carbocycles. The van der Waals surface area contributed by atoms with E-state index in [-0.39, 0.29) is 16.7 Å². The third-order valence-electron chi connectivity index (χ3n) is 6.54. The van der Waals surface area contributed by atoms with Gasteiger partial charge in [-0.1, -0.05) is 48.0 Å². The number of rotatable bonds is 7. The van der Waals surface area contributed by atoms with E-state index >= 15 is 0 Å². The number of nitrogens with zero attached hydrogens (tertiary/aromatic N) is 1. The van der Waals surface area contributed by atoms with E-state index in [1.165, 1.54) is 17.7 Å². The maximum Gasteiger partial charge on any atom is 0.253 e. The molecule has 36 heavy (non-hydrogen) atoms. The molecule has 1 heterocycles. The van der Waals surface area contributed by atoms with Crippen LogP contribution in [-0.4, -0.2) is 44.5 Å². The number of carbonyl (C=O) groups excluding carboxylic acids is 2. The first kappa shape index (κ1) is 25.9. The summed E-state index contributed by atoms with van der Waals surface area (Å²) < 4.78 is 23.6. The molecule has 1 fully saturated rings. The minimum atomic E-state index is -3.37. The molecule has 3 aromatic rings. The molecule has 0 unspecified atom stereocenters. The molecule has 2 amide bonds. The molecule has 1 aliphatic rings. The molecule has 8 heteroatoms. The number of hydrogen-bond donors (Lipinski definition) is 1. The minimum Gasteiger partial charge on any atom is -0.339 e. The Hall–Kier alpha value is -3.16. The summed E-state index contributed by atoms with van der Waals surface area (Å²) in [6.07, 6.45) is 3.71. The van der Waals surface area contributed by atoms with Crippen molar-refractivity contribution >= 4 is 38.9 Å². The van der Waals surface area contributed by atoms with Crippen molar-refractivity contribution in [1.29, 1.82) is 0 Å². The van der Waals surface area contributed by atoms with Gasteiger partial charge in [0.05, 0.1) is 4.90 Å². The van der Waals surface area contributed by atoms with Crippen molar-refractivity contribution in [3.8, 4) is 0 Å². The second kappa shape index (κ2) is 11.3. The number of nitrogens with one attached hydrogen (secondary N) is 1. The first-order valence-electron chi connectivity index (χ1n) is 11.9. The second-order valence-corrected chi connectivity index (χ2v) is 11.6. The van der Waals surface area contributed by atoms with Crippen LogP contribution >= 0.6 is 11.6 Å². The molecule has 188 valence electrons. The van der Waals surface area contributed by atoms with Crippen molar-refractivity contribution in [3.63, 3.8) is 0 Å². The Labute approximate surface area is 217 Å². The number of carbonyl (C=O) groups is 2. The topological polar surface area (TPSA) is 83.6 Å². The molecule has 0 radical (unpaired) electrons. The van der Waals surface area contributed by atoms with Gasteiger partial charge in [-0.05, 0) is 72.7 Å². The summed E-state index contributed by atoms with van der Waals surface area (Å²) in [5, 5.41) is 3.61. The van der Waals surface area contributed by atoms with Gasteiger partial charge in [-0.25, -0.2) is 8.42 Å². The van der Waals surface area contributed by atoms with Gasteiger partial charge >= 0.3 is 0 Å². The molecule has 3 aromatic carbocycles. The van der Waals surface area contributed by atoms with Gasteiger partial charge in [0.25, 0.3) is 5.91 Å². The molecule has 6 nitrogen and oxygen atoms in total. The normalized spacial score (nSPS) is 14.4. The first-order chi connectivity index (χ1) is 17.2. The summed E-state index contributed by atoms with van der Waals surface area (Å²) in [6.45, 7) is 1.21. The predicted molar refractivity (Wildman–Crippen MR) is 142 cm³/mol. The summed E-state index contributed by atoms with van der Waals surface area (Å²) in [5.41, 5.74) is 3.28. The molecule has 0 spiro atoms. The van der Waals surface area contributed by atoms with Crippen molar-refractivity contribution in [2.45, 2.75) is 36.5 Å². The lowest BCUT2D eigenvalue weighted by atomic mass is 9.89. The fourth-order valence-corrected chi connectivity index (χ4v) is 5.37. The summed E-state index contributed by atoms with van der Waals surface area (Å²) >= 11 is 6.16. The zero-order valence-corrected chi connectivity index (χ0v) is 21.7. The van der Waals surface area contributed by atoms with Gasteiger partial charge in [0, 0.05) is 42.0 Å². The van der Waals surface area contributed by atoms with E-state index in [1.807, 2.05) is 48.5 Å². The third-order valence-corrected chi connectivity index (χ3v) is 8.02. The summed E-state index contributed by atoms with van der Waals surface area (Å²) in [4.78, 5) is 27.2. The number of amides is 2. The van der Waals surface area contributed by atoms with Gasteiger partial charge < -0.3 is 10.2 Å². The van der Waals surface area contributed by atoms with Crippen LogP contribution in [0, 0.1) is 0 Å². The van der Waals surface area contributed by atoms with Gasteiger partial charge in [0.15, 0.2) is 9.84 Å². The highest BCUT2D eigenvalue weighted by atomic mass is 35.5. The van der Waals surface area contributed by atoms with E-state index in [9.17, 15) is 18.0 Å². The Morgan fingerprint density at radius 3 is 2.33 bits per heavy atom. The van der Waals surface area contributed by atoms with E-state index in [2.05, 4.69) is 5.32 Å². The Balaban J connectivity index is 1.29. The number of hydrogen-bond acceptors (Lipinski definition) is 4. The average Bonchev–Trinajstić information content (AvgIpc) is 2.88. The average molecular weight is 525 g/mol. The molecule has 1 aliphatic heterocycles. The molecule has 0 saturated carbocycles. The molecule has 1 saturated heterocycles. The van der Waals surface area contributed by atoms with Crippen LogP contribution in [0.25, 0.3) is 0 Å². The van der Waals surface area contributed by atoms with Gasteiger partial charge in [0.1, 0.15) is 0 Å².